The third kappa shape index (κ3) is 4.17. The smallest absolute Gasteiger partial charge is 0.332 e. The maximum Gasteiger partial charge on any atom is 0.332 e. The molecule has 0 N–H and O–H groups in total. The van der Waals surface area contributed by atoms with Crippen LogP contribution in [0.25, 0.3) is 11.2 Å². The van der Waals surface area contributed by atoms with Gasteiger partial charge in [0.05, 0.1) is 13.7 Å². The molecule has 1 fully saturated rings. The van der Waals surface area contributed by atoms with Crippen molar-refractivity contribution in [1.82, 2.24) is 18.7 Å². The van der Waals surface area contributed by atoms with Crippen LogP contribution in [0, 0.1) is 5.82 Å². The van der Waals surface area contributed by atoms with Crippen LogP contribution in [0.2, 0.25) is 0 Å². The monoisotopic (exact) mass is 556 g/mol. The lowest BCUT2D eigenvalue weighted by Gasteiger charge is -2.36. The predicted molar refractivity (Wildman–Crippen MR) is 141 cm³/mol. The Morgan fingerprint density at radius 3 is 2.31 bits per heavy atom. The molecule has 0 aliphatic carbocycles. The van der Waals surface area contributed by atoms with E-state index >= 15 is 0 Å². The second kappa shape index (κ2) is 9.45. The average molecular weight is 557 g/mol. The Kier molecular flexibility index (Phi) is 6.33. The van der Waals surface area contributed by atoms with Crippen LogP contribution in [0.5, 0.6) is 5.75 Å². The van der Waals surface area contributed by atoms with Crippen molar-refractivity contribution in [2.45, 2.75) is 6.54 Å². The molecule has 188 valence electrons. The summed E-state index contributed by atoms with van der Waals surface area (Å²) in [5.74, 6) is 1.02. The van der Waals surface area contributed by atoms with Gasteiger partial charge in [0.2, 0.25) is 5.95 Å². The average Bonchev–Trinajstić information content (AvgIpc) is 3.27. The van der Waals surface area contributed by atoms with Crippen molar-refractivity contribution in [3.8, 4) is 5.75 Å². The molecule has 0 amide bonds. The van der Waals surface area contributed by atoms with Crippen LogP contribution in [0.4, 0.5) is 16.0 Å². The van der Waals surface area contributed by atoms with Crippen molar-refractivity contribution in [3.63, 3.8) is 0 Å². The number of aromatic nitrogens is 4. The number of anilines is 2. The Morgan fingerprint density at radius 1 is 0.972 bits per heavy atom. The number of nitrogens with zero attached hydrogens (tertiary/aromatic N) is 6. The van der Waals surface area contributed by atoms with Gasteiger partial charge in [-0.15, -0.1) is 0 Å². The zero-order valence-electron chi connectivity index (χ0n) is 20.2. The molecule has 9 nitrogen and oxygen atoms in total. The lowest BCUT2D eigenvalue weighted by molar-refractivity contribution is 0.415. The Bertz CT molecular complexity index is 1550. The number of aryl methyl sites for hydroxylation is 1. The summed E-state index contributed by atoms with van der Waals surface area (Å²) in [5, 5.41) is 0. The van der Waals surface area contributed by atoms with E-state index in [4.69, 9.17) is 9.72 Å². The summed E-state index contributed by atoms with van der Waals surface area (Å²) < 4.78 is 24.3. The summed E-state index contributed by atoms with van der Waals surface area (Å²) in [4.78, 5) is 35.0. The Balaban J connectivity index is 1.55. The molecule has 0 unspecified atom stereocenters. The van der Waals surface area contributed by atoms with Gasteiger partial charge in [0.15, 0.2) is 11.2 Å². The van der Waals surface area contributed by atoms with Gasteiger partial charge in [-0.2, -0.15) is 4.98 Å². The fraction of sp³-hybridized carbons (Fsp3) is 0.320. The molecule has 0 bridgehead atoms. The lowest BCUT2D eigenvalue weighted by atomic mass is 10.2. The van der Waals surface area contributed by atoms with Crippen LogP contribution in [-0.4, -0.2) is 52.0 Å². The van der Waals surface area contributed by atoms with E-state index in [1.165, 1.54) is 23.7 Å². The molecule has 1 saturated heterocycles. The number of piperazine rings is 1. The fourth-order valence-corrected chi connectivity index (χ4v) is 4.99. The molecule has 11 heteroatoms. The van der Waals surface area contributed by atoms with Gasteiger partial charge in [0.25, 0.3) is 5.56 Å². The molecule has 0 atom stereocenters. The number of imidazole rings is 1. The van der Waals surface area contributed by atoms with Crippen LogP contribution < -0.4 is 25.8 Å². The number of hydrogen-bond donors (Lipinski definition) is 0. The first-order chi connectivity index (χ1) is 17.3. The van der Waals surface area contributed by atoms with Crippen LogP contribution in [-0.2, 0) is 20.6 Å². The van der Waals surface area contributed by atoms with Gasteiger partial charge in [-0.3, -0.25) is 18.5 Å². The molecule has 2 aromatic heterocycles. The molecule has 5 rings (SSSR count). The molecular formula is C25H26BrFN6O3. The highest BCUT2D eigenvalue weighted by Crippen LogP contribution is 2.27. The second-order valence-electron chi connectivity index (χ2n) is 8.78. The Morgan fingerprint density at radius 2 is 1.64 bits per heavy atom. The molecule has 1 aliphatic heterocycles. The minimum atomic E-state index is -0.444. The van der Waals surface area contributed by atoms with Crippen molar-refractivity contribution in [2.24, 2.45) is 14.1 Å². The van der Waals surface area contributed by atoms with Crippen molar-refractivity contribution in [1.29, 1.82) is 0 Å². The van der Waals surface area contributed by atoms with E-state index in [1.807, 2.05) is 24.3 Å². The molecule has 36 heavy (non-hydrogen) atoms. The highest BCUT2D eigenvalue weighted by molar-refractivity contribution is 9.10. The van der Waals surface area contributed by atoms with Crippen LogP contribution in [0.1, 0.15) is 5.56 Å². The first kappa shape index (κ1) is 24.1. The molecule has 0 saturated carbocycles. The van der Waals surface area contributed by atoms with Crippen molar-refractivity contribution in [3.05, 3.63) is 79.2 Å². The maximum atomic E-state index is 14.1. The van der Waals surface area contributed by atoms with E-state index in [0.717, 1.165) is 33.6 Å². The molecule has 0 radical (unpaired) electrons. The summed E-state index contributed by atoms with van der Waals surface area (Å²) in [5.41, 5.74) is 1.51. The zero-order chi connectivity index (χ0) is 25.6. The van der Waals surface area contributed by atoms with E-state index < -0.39 is 11.2 Å². The van der Waals surface area contributed by atoms with Gasteiger partial charge in [-0.1, -0.05) is 15.9 Å². The summed E-state index contributed by atoms with van der Waals surface area (Å²) >= 11 is 3.50. The quantitative estimate of drug-likeness (QED) is 0.376. The molecular weight excluding hydrogens is 531 g/mol. The van der Waals surface area contributed by atoms with Gasteiger partial charge in [0.1, 0.15) is 11.6 Å². The summed E-state index contributed by atoms with van der Waals surface area (Å²) in [6.45, 7) is 3.03. The molecule has 2 aromatic carbocycles. The Labute approximate surface area is 215 Å². The largest absolute Gasteiger partial charge is 0.497 e. The van der Waals surface area contributed by atoms with Crippen LogP contribution in [0.15, 0.2) is 56.5 Å². The summed E-state index contributed by atoms with van der Waals surface area (Å²) in [7, 11) is 4.70. The van der Waals surface area contributed by atoms with Gasteiger partial charge in [-0.25, -0.2) is 9.18 Å². The maximum absolute atomic E-state index is 14.1. The van der Waals surface area contributed by atoms with E-state index in [1.54, 1.807) is 24.8 Å². The third-order valence-corrected chi connectivity index (χ3v) is 7.44. The van der Waals surface area contributed by atoms with E-state index in [9.17, 15) is 14.0 Å². The van der Waals surface area contributed by atoms with Gasteiger partial charge in [0, 0.05) is 50.4 Å². The van der Waals surface area contributed by atoms with Crippen molar-refractivity contribution >= 4 is 38.7 Å². The highest BCUT2D eigenvalue weighted by Gasteiger charge is 2.26. The van der Waals surface area contributed by atoms with Crippen LogP contribution >= 0.6 is 15.9 Å². The fourth-order valence-electron chi connectivity index (χ4n) is 4.62. The molecule has 3 heterocycles. The van der Waals surface area contributed by atoms with Crippen LogP contribution in [0.3, 0.4) is 0 Å². The summed E-state index contributed by atoms with van der Waals surface area (Å²) in [6, 6.07) is 12.4. The van der Waals surface area contributed by atoms with Gasteiger partial charge < -0.3 is 14.5 Å². The first-order valence-electron chi connectivity index (χ1n) is 11.5. The molecule has 1 aliphatic rings. The molecule has 0 spiro atoms. The number of methoxy groups -OCH3 is 1. The van der Waals surface area contributed by atoms with E-state index in [0.29, 0.717) is 35.8 Å². The highest BCUT2D eigenvalue weighted by atomic mass is 79.9. The number of benzene rings is 2. The SMILES string of the molecule is COc1ccc(N2CCN(c3nc4c(c(=O)n(C)c(=O)n4C)n3Cc3cc(F)ccc3Br)CC2)cc1. The third-order valence-electron chi connectivity index (χ3n) is 6.66. The number of fused-ring (bicyclic) bond motifs is 1. The predicted octanol–water partition coefficient (Wildman–Crippen LogP) is 2.72. The topological polar surface area (TPSA) is 77.5 Å². The van der Waals surface area contributed by atoms with E-state index in [2.05, 4.69) is 25.7 Å². The molecule has 4 aromatic rings. The number of rotatable bonds is 5. The normalized spacial score (nSPS) is 14.0. The Hall–Kier alpha value is -3.60. The zero-order valence-corrected chi connectivity index (χ0v) is 21.8. The standard InChI is InChI=1S/C25H26BrFN6O3/c1-29-22-21(23(34)30(2)25(29)35)33(15-16-14-17(27)4-9-20(16)26)24(28-22)32-12-10-31(11-13-32)18-5-7-19(36-3)8-6-18/h4-9,14H,10-13,15H2,1-3H3. The van der Waals surface area contributed by atoms with Crippen molar-refractivity contribution < 1.29 is 9.13 Å². The number of halogens is 2. The van der Waals surface area contributed by atoms with E-state index in [-0.39, 0.29) is 12.4 Å². The summed E-state index contributed by atoms with van der Waals surface area (Å²) in [6.07, 6.45) is 0. The number of hydrogen-bond acceptors (Lipinski definition) is 6. The second-order valence-corrected chi connectivity index (χ2v) is 9.64. The van der Waals surface area contributed by atoms with Gasteiger partial charge in [-0.05, 0) is 48.0 Å². The number of ether oxygens (including phenoxy) is 1. The minimum absolute atomic E-state index is 0.219. The van der Waals surface area contributed by atoms with Gasteiger partial charge >= 0.3 is 5.69 Å². The minimum Gasteiger partial charge on any atom is -0.497 e. The van der Waals surface area contributed by atoms with Crippen molar-refractivity contribution in [2.75, 3.05) is 43.1 Å². The lowest BCUT2D eigenvalue weighted by Crippen LogP contribution is -2.47. The first-order valence-corrected chi connectivity index (χ1v) is 12.3.